The summed E-state index contributed by atoms with van der Waals surface area (Å²) in [5, 5.41) is 6.65. The first-order chi connectivity index (χ1) is 11.1. The first-order valence-corrected chi connectivity index (χ1v) is 9.45. The molecule has 2 aliphatic heterocycles. The number of carbonyl (C=O) groups is 1. The highest BCUT2D eigenvalue weighted by atomic mass is 35.5. The van der Waals surface area contributed by atoms with Crippen LogP contribution < -0.4 is 10.6 Å². The van der Waals surface area contributed by atoms with E-state index in [9.17, 15) is 4.79 Å². The quantitative estimate of drug-likeness (QED) is 0.588. The fourth-order valence-corrected chi connectivity index (χ4v) is 4.24. The highest BCUT2D eigenvalue weighted by Gasteiger charge is 2.50. The number of halogens is 2. The normalized spacial score (nSPS) is 24.6. The average molecular weight is 397 g/mol. The summed E-state index contributed by atoms with van der Waals surface area (Å²) in [5.41, 5.74) is 0.251. The zero-order valence-electron chi connectivity index (χ0n) is 16.2. The van der Waals surface area contributed by atoms with E-state index in [1.54, 1.807) is 0 Å². The fraction of sp³-hybridized carbons (Fsp3) is 0.944. The molecule has 0 spiro atoms. The average Bonchev–Trinajstić information content (AvgIpc) is 3.01. The molecule has 0 aromatic carbocycles. The molecule has 150 valence electrons. The molecule has 25 heavy (non-hydrogen) atoms. The number of hydrogen-bond acceptors (Lipinski definition) is 3. The van der Waals surface area contributed by atoms with Gasteiger partial charge in [-0.2, -0.15) is 0 Å². The lowest BCUT2D eigenvalue weighted by Gasteiger charge is -2.31. The van der Waals surface area contributed by atoms with E-state index in [2.05, 4.69) is 36.6 Å². The Kier molecular flexibility index (Phi) is 12.1. The Morgan fingerprint density at radius 2 is 1.88 bits per heavy atom. The van der Waals surface area contributed by atoms with Gasteiger partial charge in [0.1, 0.15) is 0 Å². The van der Waals surface area contributed by atoms with Gasteiger partial charge in [0, 0.05) is 44.7 Å². The first-order valence-electron chi connectivity index (χ1n) is 9.45. The number of likely N-dealkylation sites (tertiary alicyclic amines) is 1. The van der Waals surface area contributed by atoms with E-state index in [1.807, 2.05) is 4.90 Å². The highest BCUT2D eigenvalue weighted by Crippen LogP contribution is 2.39. The predicted octanol–water partition coefficient (Wildman–Crippen LogP) is 2.98. The summed E-state index contributed by atoms with van der Waals surface area (Å²) in [7, 11) is 4.26. The maximum absolute atomic E-state index is 12.4. The van der Waals surface area contributed by atoms with Crippen LogP contribution in [0.1, 0.15) is 45.4 Å². The SMILES string of the molecule is CCCCCCCCNC(=O)N1CC2CNCC2(CN(C)C)C1.Cl.Cl. The molecule has 0 radical (unpaired) electrons. The number of hydrogen-bond donors (Lipinski definition) is 2. The van der Waals surface area contributed by atoms with Gasteiger partial charge in [-0.05, 0) is 26.4 Å². The number of unbranched alkanes of at least 4 members (excludes halogenated alkanes) is 5. The van der Waals surface area contributed by atoms with Crippen molar-refractivity contribution < 1.29 is 4.79 Å². The van der Waals surface area contributed by atoms with Crippen LogP contribution in [0.2, 0.25) is 0 Å². The molecule has 2 aliphatic rings. The number of carbonyl (C=O) groups excluding carboxylic acids is 1. The van der Waals surface area contributed by atoms with Crippen molar-refractivity contribution in [1.29, 1.82) is 0 Å². The minimum absolute atomic E-state index is 0. The van der Waals surface area contributed by atoms with Crippen molar-refractivity contribution in [3.8, 4) is 0 Å². The van der Waals surface area contributed by atoms with Crippen LogP contribution in [-0.2, 0) is 0 Å². The van der Waals surface area contributed by atoms with Gasteiger partial charge >= 0.3 is 6.03 Å². The lowest BCUT2D eigenvalue weighted by atomic mass is 9.80. The second-order valence-corrected chi connectivity index (χ2v) is 7.81. The number of nitrogens with zero attached hydrogens (tertiary/aromatic N) is 2. The van der Waals surface area contributed by atoms with E-state index in [0.29, 0.717) is 5.92 Å². The Morgan fingerprint density at radius 3 is 2.56 bits per heavy atom. The zero-order chi connectivity index (χ0) is 16.7. The summed E-state index contributed by atoms with van der Waals surface area (Å²) in [4.78, 5) is 16.7. The van der Waals surface area contributed by atoms with Crippen molar-refractivity contribution >= 4 is 30.8 Å². The van der Waals surface area contributed by atoms with Crippen molar-refractivity contribution in [3.05, 3.63) is 0 Å². The Bertz CT molecular complexity index is 384. The standard InChI is InChI=1S/C18H36N4O.2ClH/c1-4-5-6-7-8-9-10-20-17(23)22-12-16-11-19-13-18(16,15-22)14-21(2)3;;/h16,19H,4-15H2,1-3H3,(H,20,23);2*1H. The van der Waals surface area contributed by atoms with E-state index >= 15 is 0 Å². The van der Waals surface area contributed by atoms with Crippen LogP contribution in [0.5, 0.6) is 0 Å². The van der Waals surface area contributed by atoms with Gasteiger partial charge in [-0.3, -0.25) is 0 Å². The van der Waals surface area contributed by atoms with Crippen molar-refractivity contribution in [2.45, 2.75) is 45.4 Å². The Labute approximate surface area is 166 Å². The van der Waals surface area contributed by atoms with Gasteiger partial charge in [-0.25, -0.2) is 4.79 Å². The first kappa shape index (κ1) is 24.8. The molecule has 7 heteroatoms. The largest absolute Gasteiger partial charge is 0.338 e. The highest BCUT2D eigenvalue weighted by molar-refractivity contribution is 5.85. The third-order valence-corrected chi connectivity index (χ3v) is 5.41. The molecule has 2 atom stereocenters. The molecule has 0 aromatic rings. The van der Waals surface area contributed by atoms with Gasteiger partial charge in [0.2, 0.25) is 0 Å². The van der Waals surface area contributed by atoms with Crippen LogP contribution in [0.25, 0.3) is 0 Å². The second-order valence-electron chi connectivity index (χ2n) is 7.81. The monoisotopic (exact) mass is 396 g/mol. The molecule has 0 bridgehead atoms. The van der Waals surface area contributed by atoms with E-state index in [-0.39, 0.29) is 36.3 Å². The number of rotatable bonds is 9. The van der Waals surface area contributed by atoms with Gasteiger partial charge in [0.15, 0.2) is 0 Å². The van der Waals surface area contributed by atoms with Gasteiger partial charge in [-0.15, -0.1) is 24.8 Å². The molecule has 0 aromatic heterocycles. The topological polar surface area (TPSA) is 47.6 Å². The minimum Gasteiger partial charge on any atom is -0.338 e. The third-order valence-electron chi connectivity index (χ3n) is 5.41. The molecule has 2 rings (SSSR count). The van der Waals surface area contributed by atoms with E-state index in [1.165, 1.54) is 32.1 Å². The fourth-order valence-electron chi connectivity index (χ4n) is 4.24. The molecule has 0 saturated carbocycles. The molecule has 2 unspecified atom stereocenters. The molecular weight excluding hydrogens is 359 g/mol. The van der Waals surface area contributed by atoms with Gasteiger partial charge in [0.25, 0.3) is 0 Å². The van der Waals surface area contributed by atoms with Gasteiger partial charge in [0.05, 0.1) is 0 Å². The van der Waals surface area contributed by atoms with Crippen LogP contribution in [-0.4, -0.2) is 69.2 Å². The molecule has 2 N–H and O–H groups in total. The number of fused-ring (bicyclic) bond motifs is 1. The number of amides is 2. The Hall–Kier alpha value is -0.230. The molecule has 2 fully saturated rings. The van der Waals surface area contributed by atoms with Crippen LogP contribution in [0.15, 0.2) is 0 Å². The smallest absolute Gasteiger partial charge is 0.317 e. The summed E-state index contributed by atoms with van der Waals surface area (Å²) >= 11 is 0. The maximum atomic E-state index is 12.4. The Balaban J connectivity index is 0.00000288. The summed E-state index contributed by atoms with van der Waals surface area (Å²) in [5.74, 6) is 0.602. The van der Waals surface area contributed by atoms with E-state index < -0.39 is 0 Å². The lowest BCUT2D eigenvalue weighted by molar-refractivity contribution is 0.180. The van der Waals surface area contributed by atoms with Crippen molar-refractivity contribution in [3.63, 3.8) is 0 Å². The Morgan fingerprint density at radius 1 is 1.20 bits per heavy atom. The minimum atomic E-state index is 0. The summed E-state index contributed by atoms with van der Waals surface area (Å²) < 4.78 is 0. The van der Waals surface area contributed by atoms with E-state index in [4.69, 9.17) is 0 Å². The van der Waals surface area contributed by atoms with Crippen molar-refractivity contribution in [2.24, 2.45) is 11.3 Å². The zero-order valence-corrected chi connectivity index (χ0v) is 17.8. The third kappa shape index (κ3) is 7.12. The van der Waals surface area contributed by atoms with Gasteiger partial charge < -0.3 is 20.4 Å². The molecule has 5 nitrogen and oxygen atoms in total. The van der Waals surface area contributed by atoms with Crippen LogP contribution in [0, 0.1) is 11.3 Å². The van der Waals surface area contributed by atoms with Crippen LogP contribution in [0.3, 0.4) is 0 Å². The van der Waals surface area contributed by atoms with Gasteiger partial charge in [-0.1, -0.05) is 39.0 Å². The van der Waals surface area contributed by atoms with Crippen molar-refractivity contribution in [1.82, 2.24) is 20.4 Å². The molecule has 0 aliphatic carbocycles. The molecule has 2 saturated heterocycles. The van der Waals surface area contributed by atoms with Crippen LogP contribution >= 0.6 is 24.8 Å². The van der Waals surface area contributed by atoms with Crippen molar-refractivity contribution in [2.75, 3.05) is 53.4 Å². The number of nitrogens with one attached hydrogen (secondary N) is 2. The summed E-state index contributed by atoms with van der Waals surface area (Å²) in [6.07, 6.45) is 7.60. The summed E-state index contributed by atoms with van der Waals surface area (Å²) in [6, 6.07) is 0.145. The second kappa shape index (κ2) is 12.2. The lowest BCUT2D eigenvalue weighted by Crippen LogP contribution is -2.44. The molecular formula is C18H38Cl2N4O. The summed E-state index contributed by atoms with van der Waals surface area (Å²) in [6.45, 7) is 8.02. The molecule has 2 amide bonds. The number of urea groups is 1. The molecule has 2 heterocycles. The van der Waals surface area contributed by atoms with Crippen LogP contribution in [0.4, 0.5) is 4.79 Å². The van der Waals surface area contributed by atoms with E-state index in [0.717, 1.165) is 45.7 Å². The maximum Gasteiger partial charge on any atom is 0.317 e. The predicted molar refractivity (Wildman–Crippen MR) is 110 cm³/mol.